The minimum absolute atomic E-state index is 0.911. The fourth-order valence-electron chi connectivity index (χ4n) is 0.339. The van der Waals surface area contributed by atoms with Gasteiger partial charge in [0.2, 0.25) is 0 Å². The molecule has 0 aliphatic heterocycles. The largest absolute Gasteiger partial charge is 0.308 e. The fraction of sp³-hybridized carbons (Fsp3) is 0.500. The van der Waals surface area contributed by atoms with Gasteiger partial charge in [-0.25, -0.2) is 0 Å². The zero-order valence-electron chi connectivity index (χ0n) is 6.95. The van der Waals surface area contributed by atoms with E-state index in [4.69, 9.17) is 0 Å². The Labute approximate surface area is 67.1 Å². The summed E-state index contributed by atoms with van der Waals surface area (Å²) < 4.78 is 0. The van der Waals surface area contributed by atoms with Gasteiger partial charge in [-0.15, -0.1) is 0 Å². The van der Waals surface area contributed by atoms with E-state index < -0.39 is 0 Å². The summed E-state index contributed by atoms with van der Waals surface area (Å²) in [6, 6.07) is 0. The lowest BCUT2D eigenvalue weighted by molar-refractivity contribution is -0.465. The van der Waals surface area contributed by atoms with E-state index in [0.717, 1.165) is 12.8 Å². The van der Waals surface area contributed by atoms with Crippen molar-refractivity contribution in [2.24, 2.45) is 0 Å². The first kappa shape index (κ1) is 10.0. The average Bonchev–Trinajstić information content (AvgIpc) is 2.03. The number of rotatable bonds is 6. The lowest BCUT2D eigenvalue weighted by Gasteiger charge is -1.93. The highest BCUT2D eigenvalue weighted by Crippen LogP contribution is 1.87. The summed E-state index contributed by atoms with van der Waals surface area (Å²) >= 11 is 0. The molecule has 0 aromatic heterocycles. The molecule has 0 aromatic rings. The van der Waals surface area contributed by atoms with Crippen LogP contribution in [0.1, 0.15) is 26.7 Å². The van der Waals surface area contributed by atoms with Gasteiger partial charge in [-0.1, -0.05) is 13.8 Å². The Hall–Kier alpha value is -0.960. The molecule has 0 rings (SSSR count). The van der Waals surface area contributed by atoms with Crippen molar-refractivity contribution in [3.63, 3.8) is 0 Å². The van der Waals surface area contributed by atoms with Gasteiger partial charge in [-0.3, -0.25) is 0 Å². The molecule has 3 nitrogen and oxygen atoms in total. The topological polar surface area (TPSA) is 27.7 Å². The van der Waals surface area contributed by atoms with E-state index in [1.54, 1.807) is 0 Å². The molecule has 0 spiro atoms. The van der Waals surface area contributed by atoms with E-state index in [1.165, 1.54) is 12.5 Å². The molecule has 0 aliphatic rings. The molecule has 0 saturated heterocycles. The van der Waals surface area contributed by atoms with Crippen LogP contribution >= 0.6 is 0 Å². The minimum atomic E-state index is 0.911. The molecule has 3 heteroatoms. The molecule has 0 aliphatic carbocycles. The van der Waals surface area contributed by atoms with Crippen LogP contribution in [0, 0.1) is 0 Å². The van der Waals surface area contributed by atoms with Crippen molar-refractivity contribution in [3.05, 3.63) is 24.7 Å². The molecular formula is C8H14O3. The van der Waals surface area contributed by atoms with E-state index in [9.17, 15) is 0 Å². The molecule has 0 radical (unpaired) electrons. The minimum Gasteiger partial charge on any atom is -0.308 e. The Bertz CT molecular complexity index is 105. The highest BCUT2D eigenvalue weighted by atomic mass is 17.5. The van der Waals surface area contributed by atoms with Crippen molar-refractivity contribution >= 4 is 0 Å². The zero-order chi connectivity index (χ0) is 8.36. The zero-order valence-corrected chi connectivity index (χ0v) is 6.95. The Morgan fingerprint density at radius 2 is 1.36 bits per heavy atom. The van der Waals surface area contributed by atoms with Crippen LogP contribution in [-0.2, 0) is 14.8 Å². The molecule has 0 unspecified atom stereocenters. The molecule has 64 valence electrons. The molecule has 0 heterocycles. The highest BCUT2D eigenvalue weighted by Gasteiger charge is 1.76. The number of hydrogen-bond donors (Lipinski definition) is 0. The van der Waals surface area contributed by atoms with E-state index in [0.29, 0.717) is 0 Å². The maximum atomic E-state index is 4.47. The average molecular weight is 158 g/mol. The Morgan fingerprint density at radius 1 is 0.909 bits per heavy atom. The fourth-order valence-corrected chi connectivity index (χ4v) is 0.339. The summed E-state index contributed by atoms with van der Waals surface area (Å²) in [7, 11) is 0. The monoisotopic (exact) mass is 158 g/mol. The van der Waals surface area contributed by atoms with Crippen LogP contribution in [-0.4, -0.2) is 0 Å². The van der Waals surface area contributed by atoms with Gasteiger partial charge in [0, 0.05) is 5.04 Å². The summed E-state index contributed by atoms with van der Waals surface area (Å²) in [4.78, 5) is 8.93. The van der Waals surface area contributed by atoms with Crippen LogP contribution in [0.15, 0.2) is 24.7 Å². The van der Waals surface area contributed by atoms with Crippen molar-refractivity contribution < 1.29 is 14.8 Å². The van der Waals surface area contributed by atoms with Crippen LogP contribution < -0.4 is 0 Å². The van der Waals surface area contributed by atoms with Gasteiger partial charge < -0.3 is 9.78 Å². The smallest absolute Gasteiger partial charge is 0.129 e. The van der Waals surface area contributed by atoms with Crippen molar-refractivity contribution in [1.82, 2.24) is 0 Å². The Morgan fingerprint density at radius 3 is 1.73 bits per heavy atom. The first-order valence-electron chi connectivity index (χ1n) is 3.70. The second kappa shape index (κ2) is 9.04. The van der Waals surface area contributed by atoms with E-state index >= 15 is 0 Å². The van der Waals surface area contributed by atoms with Crippen molar-refractivity contribution in [1.29, 1.82) is 0 Å². The molecule has 0 N–H and O–H groups in total. The molecular weight excluding hydrogens is 144 g/mol. The summed E-state index contributed by atoms with van der Waals surface area (Å²) in [5.74, 6) is 0. The quantitative estimate of drug-likeness (QED) is 0.257. The Balaban J connectivity index is 3.02. The Kier molecular flexibility index (Phi) is 8.25. The highest BCUT2D eigenvalue weighted by molar-refractivity contribution is 4.69. The predicted octanol–water partition coefficient (Wildman–Crippen LogP) is 2.71. The van der Waals surface area contributed by atoms with Gasteiger partial charge >= 0.3 is 0 Å². The van der Waals surface area contributed by atoms with Crippen molar-refractivity contribution in [2.45, 2.75) is 26.7 Å². The van der Waals surface area contributed by atoms with E-state index in [2.05, 4.69) is 14.8 Å². The van der Waals surface area contributed by atoms with Gasteiger partial charge in [0.05, 0.1) is 0 Å². The number of hydrogen-bond acceptors (Lipinski definition) is 3. The van der Waals surface area contributed by atoms with Crippen LogP contribution in [0.25, 0.3) is 0 Å². The molecule has 0 bridgehead atoms. The van der Waals surface area contributed by atoms with Gasteiger partial charge in [0.1, 0.15) is 12.5 Å². The lowest BCUT2D eigenvalue weighted by Crippen LogP contribution is -1.83. The third-order valence-electron chi connectivity index (χ3n) is 0.854. The normalized spacial score (nSPS) is 11.1. The number of allylic oxidation sites excluding steroid dienone is 2. The van der Waals surface area contributed by atoms with Gasteiger partial charge in [-0.05, 0) is 25.0 Å². The van der Waals surface area contributed by atoms with Crippen LogP contribution in [0.5, 0.6) is 0 Å². The molecule has 0 fully saturated rings. The van der Waals surface area contributed by atoms with E-state index in [1.807, 2.05) is 26.0 Å². The first-order chi connectivity index (χ1) is 5.41. The third kappa shape index (κ3) is 9.04. The van der Waals surface area contributed by atoms with Gasteiger partial charge in [0.25, 0.3) is 0 Å². The standard InChI is InChI=1S/C8H14O3/c1-3-5-7-9-11-10-8-6-4-2/h5-8H,3-4H2,1-2H3. The van der Waals surface area contributed by atoms with Crippen molar-refractivity contribution in [3.8, 4) is 0 Å². The molecule has 0 amide bonds. The van der Waals surface area contributed by atoms with Gasteiger partial charge in [-0.2, -0.15) is 0 Å². The predicted molar refractivity (Wildman–Crippen MR) is 42.1 cm³/mol. The van der Waals surface area contributed by atoms with Crippen LogP contribution in [0.3, 0.4) is 0 Å². The maximum absolute atomic E-state index is 4.47. The van der Waals surface area contributed by atoms with Crippen molar-refractivity contribution in [2.75, 3.05) is 0 Å². The summed E-state index contributed by atoms with van der Waals surface area (Å²) in [5.41, 5.74) is 0. The maximum Gasteiger partial charge on any atom is 0.129 e. The summed E-state index contributed by atoms with van der Waals surface area (Å²) in [5, 5.41) is 4.26. The third-order valence-corrected chi connectivity index (χ3v) is 0.854. The summed E-state index contributed by atoms with van der Waals surface area (Å²) in [6.45, 7) is 4.00. The van der Waals surface area contributed by atoms with Gasteiger partial charge in [0.15, 0.2) is 0 Å². The first-order valence-corrected chi connectivity index (χ1v) is 3.70. The molecule has 11 heavy (non-hydrogen) atoms. The second-order valence-corrected chi connectivity index (χ2v) is 1.82. The van der Waals surface area contributed by atoms with Crippen LogP contribution in [0.4, 0.5) is 0 Å². The second-order valence-electron chi connectivity index (χ2n) is 1.82. The molecule has 0 saturated carbocycles. The van der Waals surface area contributed by atoms with E-state index in [-0.39, 0.29) is 0 Å². The molecule has 0 atom stereocenters. The lowest BCUT2D eigenvalue weighted by atomic mass is 10.5. The summed E-state index contributed by atoms with van der Waals surface area (Å²) in [6.07, 6.45) is 8.31. The molecule has 0 aromatic carbocycles. The van der Waals surface area contributed by atoms with Crippen LogP contribution in [0.2, 0.25) is 0 Å². The SMILES string of the molecule is CCC=COOOC=CCC.